The van der Waals surface area contributed by atoms with E-state index in [1.807, 2.05) is 6.07 Å². The number of benzene rings is 1. The summed E-state index contributed by atoms with van der Waals surface area (Å²) in [6.07, 6.45) is 1.35. The first-order valence-corrected chi connectivity index (χ1v) is 5.34. The van der Waals surface area contributed by atoms with Gasteiger partial charge in [0.1, 0.15) is 0 Å². The Morgan fingerprint density at radius 2 is 2.25 bits per heavy atom. The largest absolute Gasteiger partial charge is 0.285 e. The molecule has 1 aromatic rings. The first-order chi connectivity index (χ1) is 7.69. The van der Waals surface area contributed by atoms with Crippen molar-refractivity contribution in [2.75, 3.05) is 11.6 Å². The first kappa shape index (κ1) is 10.8. The summed E-state index contributed by atoms with van der Waals surface area (Å²) in [5, 5.41) is 11.0. The van der Waals surface area contributed by atoms with Crippen LogP contribution in [0.3, 0.4) is 0 Å². The standard InChI is InChI=1S/C11H10ClN3O/c12-9-4-8(7-13)5-10(6-9)15-3-1-2-11(16)14-15/h4-6H,1-3H2,(H,14,16). The van der Waals surface area contributed by atoms with Crippen LogP contribution in [0.2, 0.25) is 5.02 Å². The van der Waals surface area contributed by atoms with Gasteiger partial charge in [-0.2, -0.15) is 5.26 Å². The summed E-state index contributed by atoms with van der Waals surface area (Å²) in [6.45, 7) is 0.733. The number of anilines is 1. The highest BCUT2D eigenvalue weighted by Crippen LogP contribution is 2.22. The van der Waals surface area contributed by atoms with Gasteiger partial charge in [0.2, 0.25) is 5.91 Å². The van der Waals surface area contributed by atoms with Crippen molar-refractivity contribution in [1.29, 1.82) is 5.26 Å². The zero-order valence-electron chi connectivity index (χ0n) is 8.53. The summed E-state index contributed by atoms with van der Waals surface area (Å²) < 4.78 is 0. The highest BCUT2D eigenvalue weighted by atomic mass is 35.5. The molecule has 1 heterocycles. The molecule has 0 unspecified atom stereocenters. The summed E-state index contributed by atoms with van der Waals surface area (Å²) in [5.74, 6) is -0.00951. The zero-order chi connectivity index (χ0) is 11.5. The minimum Gasteiger partial charge on any atom is -0.285 e. The van der Waals surface area contributed by atoms with Crippen molar-refractivity contribution in [3.63, 3.8) is 0 Å². The Kier molecular flexibility index (Phi) is 2.97. The second kappa shape index (κ2) is 4.42. The van der Waals surface area contributed by atoms with Crippen LogP contribution in [0.15, 0.2) is 18.2 Å². The van der Waals surface area contributed by atoms with Gasteiger partial charge in [0.05, 0.1) is 17.3 Å². The minimum atomic E-state index is -0.00951. The molecule has 0 atom stereocenters. The Bertz CT molecular complexity index is 467. The third kappa shape index (κ3) is 2.26. The molecule has 1 amide bonds. The third-order valence-electron chi connectivity index (χ3n) is 2.37. The maximum atomic E-state index is 11.2. The molecule has 82 valence electrons. The Labute approximate surface area is 98.4 Å². The molecule has 0 radical (unpaired) electrons. The topological polar surface area (TPSA) is 56.1 Å². The summed E-state index contributed by atoms with van der Waals surface area (Å²) in [4.78, 5) is 11.2. The van der Waals surface area contributed by atoms with E-state index in [-0.39, 0.29) is 5.91 Å². The van der Waals surface area contributed by atoms with Crippen LogP contribution in [0, 0.1) is 11.3 Å². The number of hydrogen-bond acceptors (Lipinski definition) is 3. The van der Waals surface area contributed by atoms with E-state index in [0.29, 0.717) is 17.0 Å². The molecule has 0 saturated carbocycles. The average molecular weight is 236 g/mol. The zero-order valence-corrected chi connectivity index (χ0v) is 9.29. The lowest BCUT2D eigenvalue weighted by Crippen LogP contribution is -2.46. The van der Waals surface area contributed by atoms with Gasteiger partial charge in [0.25, 0.3) is 0 Å². The lowest BCUT2D eigenvalue weighted by molar-refractivity contribution is -0.122. The predicted octanol–water partition coefficient (Wildman–Crippen LogP) is 1.84. The molecular weight excluding hydrogens is 226 g/mol. The van der Waals surface area contributed by atoms with E-state index in [4.69, 9.17) is 16.9 Å². The summed E-state index contributed by atoms with van der Waals surface area (Å²) in [5.41, 5.74) is 3.97. The van der Waals surface area contributed by atoms with E-state index in [2.05, 4.69) is 5.43 Å². The number of nitriles is 1. The Morgan fingerprint density at radius 1 is 1.44 bits per heavy atom. The molecule has 0 aliphatic carbocycles. The van der Waals surface area contributed by atoms with Crippen LogP contribution in [0.5, 0.6) is 0 Å². The van der Waals surface area contributed by atoms with Gasteiger partial charge >= 0.3 is 0 Å². The maximum Gasteiger partial charge on any atom is 0.238 e. The number of carbonyl (C=O) groups excluding carboxylic acids is 1. The Morgan fingerprint density at radius 3 is 2.94 bits per heavy atom. The maximum absolute atomic E-state index is 11.2. The van der Waals surface area contributed by atoms with Crippen molar-refractivity contribution in [2.24, 2.45) is 0 Å². The van der Waals surface area contributed by atoms with Crippen LogP contribution >= 0.6 is 11.6 Å². The number of halogens is 1. The molecule has 0 aromatic heterocycles. The van der Waals surface area contributed by atoms with Crippen molar-refractivity contribution in [3.05, 3.63) is 28.8 Å². The van der Waals surface area contributed by atoms with E-state index in [1.54, 1.807) is 23.2 Å². The summed E-state index contributed by atoms with van der Waals surface area (Å²) in [7, 11) is 0. The number of nitrogens with zero attached hydrogens (tertiary/aromatic N) is 2. The van der Waals surface area contributed by atoms with Crippen LogP contribution in [0.1, 0.15) is 18.4 Å². The molecule has 0 bridgehead atoms. The molecule has 1 fully saturated rings. The van der Waals surface area contributed by atoms with Gasteiger partial charge in [-0.25, -0.2) is 0 Å². The van der Waals surface area contributed by atoms with Crippen molar-refractivity contribution in [1.82, 2.24) is 5.43 Å². The minimum absolute atomic E-state index is 0.00951. The van der Waals surface area contributed by atoms with Gasteiger partial charge in [0, 0.05) is 18.0 Å². The van der Waals surface area contributed by atoms with E-state index in [9.17, 15) is 4.79 Å². The fourth-order valence-corrected chi connectivity index (χ4v) is 1.88. The highest BCUT2D eigenvalue weighted by Gasteiger charge is 2.16. The highest BCUT2D eigenvalue weighted by molar-refractivity contribution is 6.31. The number of hydrazine groups is 1. The number of amides is 1. The van der Waals surface area contributed by atoms with Gasteiger partial charge in [-0.1, -0.05) is 11.6 Å². The van der Waals surface area contributed by atoms with Gasteiger partial charge in [-0.15, -0.1) is 0 Å². The fourth-order valence-electron chi connectivity index (χ4n) is 1.65. The molecule has 16 heavy (non-hydrogen) atoms. The monoisotopic (exact) mass is 235 g/mol. The average Bonchev–Trinajstić information content (AvgIpc) is 2.28. The Balaban J connectivity index is 2.29. The van der Waals surface area contributed by atoms with Crippen LogP contribution in [0.25, 0.3) is 0 Å². The number of rotatable bonds is 1. The van der Waals surface area contributed by atoms with Crippen molar-refractivity contribution < 1.29 is 4.79 Å². The quantitative estimate of drug-likeness (QED) is 0.808. The summed E-state index contributed by atoms with van der Waals surface area (Å²) in [6, 6.07) is 7.06. The molecule has 1 aliphatic heterocycles. The lowest BCUT2D eigenvalue weighted by Gasteiger charge is -2.29. The van der Waals surface area contributed by atoms with Crippen LogP contribution < -0.4 is 10.4 Å². The summed E-state index contributed by atoms with van der Waals surface area (Å²) >= 11 is 5.89. The lowest BCUT2D eigenvalue weighted by atomic mass is 10.2. The van der Waals surface area contributed by atoms with E-state index < -0.39 is 0 Å². The molecule has 0 spiro atoms. The van der Waals surface area contributed by atoms with Crippen molar-refractivity contribution >= 4 is 23.2 Å². The SMILES string of the molecule is N#Cc1cc(Cl)cc(N2CCCC(=O)N2)c1. The van der Waals surface area contributed by atoms with E-state index >= 15 is 0 Å². The number of nitrogens with one attached hydrogen (secondary N) is 1. The molecule has 4 nitrogen and oxygen atoms in total. The number of hydrogen-bond donors (Lipinski definition) is 1. The normalized spacial score (nSPS) is 15.5. The fraction of sp³-hybridized carbons (Fsp3) is 0.273. The van der Waals surface area contributed by atoms with Gasteiger partial charge in [-0.3, -0.25) is 15.2 Å². The van der Waals surface area contributed by atoms with Gasteiger partial charge in [0.15, 0.2) is 0 Å². The van der Waals surface area contributed by atoms with E-state index in [1.165, 1.54) is 0 Å². The van der Waals surface area contributed by atoms with Gasteiger partial charge < -0.3 is 0 Å². The molecule has 2 rings (SSSR count). The molecule has 5 heteroatoms. The smallest absolute Gasteiger partial charge is 0.238 e. The third-order valence-corrected chi connectivity index (χ3v) is 2.59. The number of carbonyl (C=O) groups is 1. The molecule has 1 N–H and O–H groups in total. The van der Waals surface area contributed by atoms with Crippen molar-refractivity contribution in [2.45, 2.75) is 12.8 Å². The van der Waals surface area contributed by atoms with Crippen LogP contribution in [-0.2, 0) is 4.79 Å². The molecule has 1 aliphatic rings. The van der Waals surface area contributed by atoms with E-state index in [0.717, 1.165) is 18.7 Å². The van der Waals surface area contributed by atoms with Crippen LogP contribution in [0.4, 0.5) is 5.69 Å². The van der Waals surface area contributed by atoms with Crippen LogP contribution in [-0.4, -0.2) is 12.5 Å². The molecule has 1 aromatic carbocycles. The molecular formula is C11H10ClN3O. The first-order valence-electron chi connectivity index (χ1n) is 4.97. The second-order valence-corrected chi connectivity index (χ2v) is 4.04. The second-order valence-electron chi connectivity index (χ2n) is 3.60. The van der Waals surface area contributed by atoms with Crippen molar-refractivity contribution in [3.8, 4) is 6.07 Å². The van der Waals surface area contributed by atoms with Gasteiger partial charge in [-0.05, 0) is 24.6 Å². The predicted molar refractivity (Wildman–Crippen MR) is 60.9 cm³/mol. The Hall–Kier alpha value is -1.73. The molecule has 1 saturated heterocycles.